The molecule has 0 bridgehead atoms. The molecular weight excluding hydrogens is 222 g/mol. The average Bonchev–Trinajstić information content (AvgIpc) is 2.26. The lowest BCUT2D eigenvalue weighted by atomic mass is 10.0. The molecule has 3 heteroatoms. The summed E-state index contributed by atoms with van der Waals surface area (Å²) in [5.41, 5.74) is 0.896. The van der Waals surface area contributed by atoms with Crippen LogP contribution in [0.15, 0.2) is 24.3 Å². The van der Waals surface area contributed by atoms with Crippen LogP contribution in [0.1, 0.15) is 32.4 Å². The van der Waals surface area contributed by atoms with Crippen molar-refractivity contribution >= 4 is 11.6 Å². The number of aliphatic hydroxyl groups excluding tert-OH is 1. The molecule has 0 aliphatic rings. The van der Waals surface area contributed by atoms with Crippen LogP contribution in [0, 0.1) is 5.92 Å². The van der Waals surface area contributed by atoms with E-state index in [0.29, 0.717) is 10.9 Å². The van der Waals surface area contributed by atoms with E-state index in [2.05, 4.69) is 19.2 Å². The first kappa shape index (κ1) is 13.5. The molecule has 0 saturated carbocycles. The van der Waals surface area contributed by atoms with Gasteiger partial charge in [-0.3, -0.25) is 0 Å². The van der Waals surface area contributed by atoms with Crippen molar-refractivity contribution < 1.29 is 5.11 Å². The highest BCUT2D eigenvalue weighted by Gasteiger charge is 2.15. The van der Waals surface area contributed by atoms with Gasteiger partial charge in [0.1, 0.15) is 0 Å². The van der Waals surface area contributed by atoms with Gasteiger partial charge < -0.3 is 10.4 Å². The van der Waals surface area contributed by atoms with Gasteiger partial charge in [-0.2, -0.15) is 0 Å². The molecular formula is C13H20ClNO. The van der Waals surface area contributed by atoms with Gasteiger partial charge in [-0.25, -0.2) is 0 Å². The minimum absolute atomic E-state index is 0.0450. The van der Waals surface area contributed by atoms with Crippen LogP contribution >= 0.6 is 11.6 Å². The standard InChI is InChI=1S/C13H20ClNO/c1-9(2)8-15-10(3)13(16)11-4-6-12(14)7-5-11/h4-7,9-10,13,15-16H,8H2,1-3H3. The second-order valence-corrected chi connectivity index (χ2v) is 5.02. The Bertz CT molecular complexity index is 310. The Balaban J connectivity index is 2.56. The van der Waals surface area contributed by atoms with E-state index in [1.807, 2.05) is 19.1 Å². The predicted octanol–water partition coefficient (Wildman–Crippen LogP) is 3.01. The number of nitrogens with one attached hydrogen (secondary N) is 1. The summed E-state index contributed by atoms with van der Waals surface area (Å²) in [7, 11) is 0. The molecule has 2 nitrogen and oxygen atoms in total. The largest absolute Gasteiger partial charge is 0.387 e. The van der Waals surface area contributed by atoms with E-state index < -0.39 is 6.10 Å². The van der Waals surface area contributed by atoms with Crippen molar-refractivity contribution in [1.29, 1.82) is 0 Å². The fourth-order valence-electron chi connectivity index (χ4n) is 1.48. The van der Waals surface area contributed by atoms with E-state index in [0.717, 1.165) is 12.1 Å². The zero-order valence-corrected chi connectivity index (χ0v) is 10.8. The maximum absolute atomic E-state index is 10.1. The molecule has 2 unspecified atom stereocenters. The van der Waals surface area contributed by atoms with Crippen LogP contribution in [0.2, 0.25) is 5.02 Å². The van der Waals surface area contributed by atoms with Crippen molar-refractivity contribution in [2.75, 3.05) is 6.54 Å². The van der Waals surface area contributed by atoms with Crippen LogP contribution < -0.4 is 5.32 Å². The van der Waals surface area contributed by atoms with Crippen LogP contribution in [0.5, 0.6) is 0 Å². The van der Waals surface area contributed by atoms with E-state index in [9.17, 15) is 5.11 Å². The topological polar surface area (TPSA) is 32.3 Å². The quantitative estimate of drug-likeness (QED) is 0.831. The Labute approximate surface area is 103 Å². The van der Waals surface area contributed by atoms with Gasteiger partial charge in [0, 0.05) is 11.1 Å². The van der Waals surface area contributed by atoms with Gasteiger partial charge in [-0.1, -0.05) is 37.6 Å². The molecule has 0 aliphatic heterocycles. The minimum Gasteiger partial charge on any atom is -0.387 e. The lowest BCUT2D eigenvalue weighted by Gasteiger charge is -2.21. The van der Waals surface area contributed by atoms with Crippen LogP contribution in [0.3, 0.4) is 0 Å². The van der Waals surface area contributed by atoms with Gasteiger partial charge in [0.25, 0.3) is 0 Å². The van der Waals surface area contributed by atoms with Gasteiger partial charge in [0.15, 0.2) is 0 Å². The summed E-state index contributed by atoms with van der Waals surface area (Å²) in [6, 6.07) is 7.37. The highest BCUT2D eigenvalue weighted by Crippen LogP contribution is 2.19. The Morgan fingerprint density at radius 1 is 1.19 bits per heavy atom. The van der Waals surface area contributed by atoms with Crippen molar-refractivity contribution in [1.82, 2.24) is 5.32 Å². The summed E-state index contributed by atoms with van der Waals surface area (Å²) in [5.74, 6) is 0.583. The summed E-state index contributed by atoms with van der Waals surface area (Å²) in [6.07, 6.45) is -0.490. The first-order valence-corrected chi connectivity index (χ1v) is 6.05. The molecule has 2 atom stereocenters. The van der Waals surface area contributed by atoms with Gasteiger partial charge in [0.2, 0.25) is 0 Å². The van der Waals surface area contributed by atoms with Crippen molar-refractivity contribution in [2.45, 2.75) is 32.9 Å². The summed E-state index contributed by atoms with van der Waals surface area (Å²) in [5, 5.41) is 14.1. The van der Waals surface area contributed by atoms with Gasteiger partial charge in [-0.15, -0.1) is 0 Å². The van der Waals surface area contributed by atoms with Crippen LogP contribution in [-0.4, -0.2) is 17.7 Å². The first-order valence-electron chi connectivity index (χ1n) is 5.67. The van der Waals surface area contributed by atoms with E-state index >= 15 is 0 Å². The molecule has 2 N–H and O–H groups in total. The lowest BCUT2D eigenvalue weighted by Crippen LogP contribution is -2.34. The Kier molecular flexibility index (Phi) is 5.26. The molecule has 0 spiro atoms. The normalized spacial score (nSPS) is 15.1. The molecule has 0 amide bonds. The Morgan fingerprint density at radius 2 is 1.75 bits per heavy atom. The number of rotatable bonds is 5. The molecule has 0 fully saturated rings. The van der Waals surface area contributed by atoms with E-state index in [1.165, 1.54) is 0 Å². The number of hydrogen-bond donors (Lipinski definition) is 2. The number of halogens is 1. The second kappa shape index (κ2) is 6.24. The highest BCUT2D eigenvalue weighted by molar-refractivity contribution is 6.30. The monoisotopic (exact) mass is 241 g/mol. The number of benzene rings is 1. The van der Waals surface area contributed by atoms with Crippen molar-refractivity contribution in [3.8, 4) is 0 Å². The van der Waals surface area contributed by atoms with Crippen LogP contribution in [0.25, 0.3) is 0 Å². The van der Waals surface area contributed by atoms with Gasteiger partial charge in [-0.05, 0) is 37.1 Å². The lowest BCUT2D eigenvalue weighted by molar-refractivity contribution is 0.134. The zero-order valence-electron chi connectivity index (χ0n) is 10.1. The zero-order chi connectivity index (χ0) is 12.1. The van der Waals surface area contributed by atoms with E-state index in [-0.39, 0.29) is 6.04 Å². The van der Waals surface area contributed by atoms with E-state index in [4.69, 9.17) is 11.6 Å². The molecule has 0 radical (unpaired) electrons. The maximum Gasteiger partial charge on any atom is 0.0940 e. The third kappa shape index (κ3) is 4.12. The SMILES string of the molecule is CC(C)CNC(C)C(O)c1ccc(Cl)cc1. The van der Waals surface area contributed by atoms with Crippen LogP contribution in [-0.2, 0) is 0 Å². The summed E-state index contributed by atoms with van der Waals surface area (Å²) in [6.45, 7) is 7.19. The first-order chi connectivity index (χ1) is 7.50. The number of hydrogen-bond acceptors (Lipinski definition) is 2. The predicted molar refractivity (Wildman–Crippen MR) is 68.7 cm³/mol. The Hall–Kier alpha value is -0.570. The molecule has 1 aromatic rings. The van der Waals surface area contributed by atoms with Crippen molar-refractivity contribution in [3.63, 3.8) is 0 Å². The molecule has 0 aliphatic carbocycles. The second-order valence-electron chi connectivity index (χ2n) is 4.59. The molecule has 1 rings (SSSR count). The molecule has 90 valence electrons. The molecule has 0 aromatic heterocycles. The molecule has 1 aromatic carbocycles. The van der Waals surface area contributed by atoms with Gasteiger partial charge in [0.05, 0.1) is 6.10 Å². The van der Waals surface area contributed by atoms with Crippen LogP contribution in [0.4, 0.5) is 0 Å². The molecule has 0 heterocycles. The van der Waals surface area contributed by atoms with E-state index in [1.54, 1.807) is 12.1 Å². The molecule has 0 saturated heterocycles. The van der Waals surface area contributed by atoms with Crippen molar-refractivity contribution in [3.05, 3.63) is 34.9 Å². The fraction of sp³-hybridized carbons (Fsp3) is 0.538. The summed E-state index contributed by atoms with van der Waals surface area (Å²) < 4.78 is 0. The maximum atomic E-state index is 10.1. The van der Waals surface area contributed by atoms with Crippen molar-refractivity contribution in [2.24, 2.45) is 5.92 Å². The Morgan fingerprint density at radius 3 is 2.25 bits per heavy atom. The fourth-order valence-corrected chi connectivity index (χ4v) is 1.61. The average molecular weight is 242 g/mol. The summed E-state index contributed by atoms with van der Waals surface area (Å²) >= 11 is 5.80. The summed E-state index contributed by atoms with van der Waals surface area (Å²) in [4.78, 5) is 0. The third-order valence-electron chi connectivity index (χ3n) is 2.53. The third-order valence-corrected chi connectivity index (χ3v) is 2.79. The van der Waals surface area contributed by atoms with Gasteiger partial charge >= 0.3 is 0 Å². The smallest absolute Gasteiger partial charge is 0.0940 e. The highest BCUT2D eigenvalue weighted by atomic mass is 35.5. The molecule has 16 heavy (non-hydrogen) atoms. The minimum atomic E-state index is -0.490. The number of aliphatic hydroxyl groups is 1.